The van der Waals surface area contributed by atoms with Gasteiger partial charge in [0.25, 0.3) is 0 Å². The molecule has 28 heavy (non-hydrogen) atoms. The molecule has 1 saturated heterocycles. The third-order valence-corrected chi connectivity index (χ3v) is 6.48. The molecule has 0 aliphatic carbocycles. The molecule has 0 radical (unpaired) electrons. The molecule has 154 valence electrons. The number of aliphatic carboxylic acids is 1. The Labute approximate surface area is 169 Å². The number of ether oxygens (including phenoxy) is 1. The molecule has 1 aromatic heterocycles. The summed E-state index contributed by atoms with van der Waals surface area (Å²) in [7, 11) is -2.63. The Hall–Kier alpha value is -2.14. The SMILES string of the molecule is COc1ccc(-n2cccn2)cc1S(=O)(=O)N1C[C@H](N)CC[C@H](C(=O)O)C1.Cl. The molecule has 0 spiro atoms. The number of rotatable bonds is 5. The van der Waals surface area contributed by atoms with Crippen molar-refractivity contribution in [3.8, 4) is 11.4 Å². The first-order valence-electron chi connectivity index (χ1n) is 8.49. The molecule has 0 saturated carbocycles. The van der Waals surface area contributed by atoms with Gasteiger partial charge in [0.05, 0.1) is 18.7 Å². The molecular formula is C17H23ClN4O5S. The van der Waals surface area contributed by atoms with Gasteiger partial charge in [-0.1, -0.05) is 0 Å². The molecule has 11 heteroatoms. The highest BCUT2D eigenvalue weighted by molar-refractivity contribution is 7.89. The quantitative estimate of drug-likeness (QED) is 0.727. The van der Waals surface area contributed by atoms with Gasteiger partial charge < -0.3 is 15.6 Å². The second-order valence-electron chi connectivity index (χ2n) is 6.48. The Morgan fingerprint density at radius 1 is 1.32 bits per heavy atom. The Bertz CT molecular complexity index is 920. The number of halogens is 1. The summed E-state index contributed by atoms with van der Waals surface area (Å²) in [6.07, 6.45) is 4.07. The fourth-order valence-corrected chi connectivity index (χ4v) is 4.87. The van der Waals surface area contributed by atoms with E-state index in [2.05, 4.69) is 5.10 Å². The Morgan fingerprint density at radius 2 is 2.07 bits per heavy atom. The van der Waals surface area contributed by atoms with Crippen LogP contribution in [0, 0.1) is 5.92 Å². The summed E-state index contributed by atoms with van der Waals surface area (Å²) in [6.45, 7) is -0.0677. The number of hydrogen-bond donors (Lipinski definition) is 2. The number of carboxylic acid groups (broad SMARTS) is 1. The molecular weight excluding hydrogens is 408 g/mol. The van der Waals surface area contributed by atoms with Crippen LogP contribution in [0.2, 0.25) is 0 Å². The van der Waals surface area contributed by atoms with Gasteiger partial charge in [0.2, 0.25) is 10.0 Å². The lowest BCUT2D eigenvalue weighted by Crippen LogP contribution is -2.41. The normalized spacial score (nSPS) is 20.8. The fourth-order valence-electron chi connectivity index (χ4n) is 3.15. The van der Waals surface area contributed by atoms with Crippen LogP contribution in [0.1, 0.15) is 12.8 Å². The number of carboxylic acids is 1. The summed E-state index contributed by atoms with van der Waals surface area (Å²) in [5.41, 5.74) is 6.54. The third kappa shape index (κ3) is 4.46. The third-order valence-electron chi connectivity index (χ3n) is 4.63. The highest BCUT2D eigenvalue weighted by Crippen LogP contribution is 2.31. The van der Waals surface area contributed by atoms with E-state index in [0.717, 1.165) is 4.31 Å². The second kappa shape index (κ2) is 8.91. The molecule has 0 unspecified atom stereocenters. The van der Waals surface area contributed by atoms with E-state index in [9.17, 15) is 18.3 Å². The second-order valence-corrected chi connectivity index (χ2v) is 8.39. The van der Waals surface area contributed by atoms with Gasteiger partial charge >= 0.3 is 5.97 Å². The summed E-state index contributed by atoms with van der Waals surface area (Å²) < 4.78 is 34.6. The number of carbonyl (C=O) groups is 1. The Kier molecular flexibility index (Phi) is 7.05. The number of aromatic nitrogens is 2. The van der Waals surface area contributed by atoms with E-state index in [1.165, 1.54) is 17.9 Å². The summed E-state index contributed by atoms with van der Waals surface area (Å²) >= 11 is 0. The van der Waals surface area contributed by atoms with Crippen molar-refractivity contribution in [1.29, 1.82) is 0 Å². The van der Waals surface area contributed by atoms with Crippen LogP contribution < -0.4 is 10.5 Å². The van der Waals surface area contributed by atoms with Gasteiger partial charge in [0, 0.05) is 31.5 Å². The lowest BCUT2D eigenvalue weighted by molar-refractivity contribution is -0.142. The van der Waals surface area contributed by atoms with Crippen molar-refractivity contribution < 1.29 is 23.1 Å². The smallest absolute Gasteiger partial charge is 0.307 e. The van der Waals surface area contributed by atoms with Gasteiger partial charge in [-0.15, -0.1) is 12.4 Å². The molecule has 2 aromatic rings. The first-order valence-corrected chi connectivity index (χ1v) is 9.93. The van der Waals surface area contributed by atoms with Crippen molar-refractivity contribution in [3.63, 3.8) is 0 Å². The Morgan fingerprint density at radius 3 is 2.68 bits per heavy atom. The van der Waals surface area contributed by atoms with Gasteiger partial charge in [-0.3, -0.25) is 4.79 Å². The summed E-state index contributed by atoms with van der Waals surface area (Å²) in [6, 6.07) is 6.01. The predicted octanol–water partition coefficient (Wildman–Crippen LogP) is 1.12. The maximum absolute atomic E-state index is 13.3. The van der Waals surface area contributed by atoms with Gasteiger partial charge in [0.15, 0.2) is 0 Å². The summed E-state index contributed by atoms with van der Waals surface area (Å²) in [4.78, 5) is 11.4. The standard InChI is InChI=1S/C17H22N4O5S.ClH/c1-26-15-6-5-14(21-8-2-7-19-21)9-16(15)27(24,25)20-10-12(17(22)23)3-4-13(18)11-20;/h2,5-9,12-13H,3-4,10-11,18H2,1H3,(H,22,23);1H/t12-,13+;/m0./s1. The molecule has 9 nitrogen and oxygen atoms in total. The minimum atomic E-state index is -4.02. The maximum Gasteiger partial charge on any atom is 0.307 e. The molecule has 1 aliphatic heterocycles. The monoisotopic (exact) mass is 430 g/mol. The Balaban J connectivity index is 0.00000280. The van der Waals surface area contributed by atoms with Crippen molar-refractivity contribution in [2.45, 2.75) is 23.8 Å². The van der Waals surface area contributed by atoms with Crippen LogP contribution in [0.15, 0.2) is 41.6 Å². The number of methoxy groups -OCH3 is 1. The van der Waals surface area contributed by atoms with Crippen molar-refractivity contribution >= 4 is 28.4 Å². The predicted molar refractivity (Wildman–Crippen MR) is 104 cm³/mol. The lowest BCUT2D eigenvalue weighted by Gasteiger charge is -2.24. The average molecular weight is 431 g/mol. The van der Waals surface area contributed by atoms with E-state index >= 15 is 0 Å². The molecule has 1 aliphatic rings. The molecule has 3 rings (SSSR count). The fraction of sp³-hybridized carbons (Fsp3) is 0.412. The first kappa shape index (κ1) is 22.2. The number of nitrogens with two attached hydrogens (primary N) is 1. The lowest BCUT2D eigenvalue weighted by atomic mass is 10.0. The van der Waals surface area contributed by atoms with Gasteiger partial charge in [-0.25, -0.2) is 13.1 Å². The molecule has 2 atom stereocenters. The first-order chi connectivity index (χ1) is 12.8. The zero-order valence-electron chi connectivity index (χ0n) is 15.3. The van der Waals surface area contributed by atoms with Gasteiger partial charge in [-0.05, 0) is 37.1 Å². The minimum Gasteiger partial charge on any atom is -0.495 e. The average Bonchev–Trinajstić information content (AvgIpc) is 3.10. The van der Waals surface area contributed by atoms with E-state index < -0.39 is 28.0 Å². The molecule has 3 N–H and O–H groups in total. The van der Waals surface area contributed by atoms with E-state index in [1.54, 1.807) is 30.6 Å². The largest absolute Gasteiger partial charge is 0.495 e. The molecule has 0 amide bonds. The molecule has 2 heterocycles. The molecule has 1 fully saturated rings. The van der Waals surface area contributed by atoms with Crippen molar-refractivity contribution in [1.82, 2.24) is 14.1 Å². The summed E-state index contributed by atoms with van der Waals surface area (Å²) in [5.74, 6) is -1.65. The highest BCUT2D eigenvalue weighted by Gasteiger charge is 2.35. The summed E-state index contributed by atoms with van der Waals surface area (Å²) in [5, 5.41) is 13.5. The van der Waals surface area contributed by atoms with Crippen LogP contribution in [0.4, 0.5) is 0 Å². The van der Waals surface area contributed by atoms with Crippen LogP contribution in [0.5, 0.6) is 5.75 Å². The molecule has 0 bridgehead atoms. The maximum atomic E-state index is 13.3. The van der Waals surface area contributed by atoms with Crippen molar-refractivity contribution in [3.05, 3.63) is 36.7 Å². The van der Waals surface area contributed by atoms with Crippen LogP contribution in [-0.4, -0.2) is 59.8 Å². The van der Waals surface area contributed by atoms with Crippen LogP contribution in [0.25, 0.3) is 5.69 Å². The number of hydrogen-bond acceptors (Lipinski definition) is 6. The number of nitrogens with zero attached hydrogens (tertiary/aromatic N) is 3. The highest BCUT2D eigenvalue weighted by atomic mass is 35.5. The van der Waals surface area contributed by atoms with E-state index in [1.807, 2.05) is 0 Å². The van der Waals surface area contributed by atoms with Crippen LogP contribution >= 0.6 is 12.4 Å². The van der Waals surface area contributed by atoms with Crippen LogP contribution in [-0.2, 0) is 14.8 Å². The van der Waals surface area contributed by atoms with Gasteiger partial charge in [-0.2, -0.15) is 9.40 Å². The zero-order valence-corrected chi connectivity index (χ0v) is 16.9. The van der Waals surface area contributed by atoms with Crippen molar-refractivity contribution in [2.75, 3.05) is 20.2 Å². The number of sulfonamides is 1. The topological polar surface area (TPSA) is 128 Å². The van der Waals surface area contributed by atoms with E-state index in [-0.39, 0.29) is 36.1 Å². The number of benzene rings is 1. The van der Waals surface area contributed by atoms with Gasteiger partial charge in [0.1, 0.15) is 10.6 Å². The van der Waals surface area contributed by atoms with Crippen molar-refractivity contribution in [2.24, 2.45) is 11.7 Å². The minimum absolute atomic E-state index is 0. The van der Waals surface area contributed by atoms with E-state index in [4.69, 9.17) is 10.5 Å². The molecule has 1 aromatic carbocycles. The van der Waals surface area contributed by atoms with Crippen LogP contribution in [0.3, 0.4) is 0 Å². The van der Waals surface area contributed by atoms with E-state index in [0.29, 0.717) is 18.5 Å². The zero-order chi connectivity index (χ0) is 19.6.